The minimum Gasteiger partial charge on any atom is -0.272 e. The Hall–Kier alpha value is -1.65. The van der Waals surface area contributed by atoms with Gasteiger partial charge >= 0.3 is 0 Å². The number of hydrogen-bond acceptors (Lipinski definition) is 3. The zero-order valence-electron chi connectivity index (χ0n) is 8.25. The van der Waals surface area contributed by atoms with E-state index in [2.05, 4.69) is 18.9 Å². The van der Waals surface area contributed by atoms with Crippen LogP contribution in [0.15, 0.2) is 18.5 Å². The first-order chi connectivity index (χ1) is 6.58. The number of rotatable bonds is 4. The van der Waals surface area contributed by atoms with Gasteiger partial charge in [0.1, 0.15) is 0 Å². The maximum absolute atomic E-state index is 10.0. The monoisotopic (exact) mass is 195 g/mol. The molecule has 1 rings (SSSR count). The van der Waals surface area contributed by atoms with E-state index in [9.17, 15) is 10.1 Å². The van der Waals surface area contributed by atoms with Gasteiger partial charge in [-0.1, -0.05) is 13.8 Å². The predicted molar refractivity (Wildman–Crippen MR) is 53.1 cm³/mol. The van der Waals surface area contributed by atoms with Crippen LogP contribution in [0.4, 0.5) is 0 Å². The molecule has 1 aromatic heterocycles. The van der Waals surface area contributed by atoms with Crippen LogP contribution in [0.2, 0.25) is 0 Å². The maximum atomic E-state index is 10.0. The Morgan fingerprint density at radius 3 is 3.00 bits per heavy atom. The molecule has 0 saturated heterocycles. The van der Waals surface area contributed by atoms with E-state index in [4.69, 9.17) is 0 Å². The highest BCUT2D eigenvalue weighted by atomic mass is 16.6. The SMILES string of the molecule is CC(C)Cn1ccc(/C=C/[N+](=O)[O-])n1. The highest BCUT2D eigenvalue weighted by molar-refractivity contribution is 5.41. The smallest absolute Gasteiger partial charge is 0.236 e. The Bertz CT molecular complexity index is 342. The van der Waals surface area contributed by atoms with Crippen molar-refractivity contribution >= 4 is 6.08 Å². The van der Waals surface area contributed by atoms with Crippen molar-refractivity contribution in [3.05, 3.63) is 34.3 Å². The van der Waals surface area contributed by atoms with E-state index >= 15 is 0 Å². The summed E-state index contributed by atoms with van der Waals surface area (Å²) in [6.45, 7) is 5.01. The van der Waals surface area contributed by atoms with Crippen molar-refractivity contribution < 1.29 is 4.92 Å². The van der Waals surface area contributed by atoms with Crippen molar-refractivity contribution in [1.29, 1.82) is 0 Å². The minimum absolute atomic E-state index is 0.499. The largest absolute Gasteiger partial charge is 0.272 e. The molecule has 0 aliphatic rings. The van der Waals surface area contributed by atoms with Crippen LogP contribution in [0, 0.1) is 16.0 Å². The average molecular weight is 195 g/mol. The van der Waals surface area contributed by atoms with Crippen molar-refractivity contribution in [3.8, 4) is 0 Å². The van der Waals surface area contributed by atoms with Gasteiger partial charge in [-0.3, -0.25) is 14.8 Å². The standard InChI is InChI=1S/C9H13N3O2/c1-8(2)7-11-5-3-9(10-11)4-6-12(13)14/h3-6,8H,7H2,1-2H3/b6-4+. The van der Waals surface area contributed by atoms with Gasteiger partial charge in [0.25, 0.3) is 0 Å². The lowest BCUT2D eigenvalue weighted by molar-refractivity contribution is -0.401. The molecule has 5 heteroatoms. The maximum Gasteiger partial charge on any atom is 0.236 e. The van der Waals surface area contributed by atoms with Crippen molar-refractivity contribution in [2.24, 2.45) is 5.92 Å². The molecule has 14 heavy (non-hydrogen) atoms. The second-order valence-electron chi connectivity index (χ2n) is 3.46. The van der Waals surface area contributed by atoms with Crippen LogP contribution in [0.25, 0.3) is 6.08 Å². The lowest BCUT2D eigenvalue weighted by Gasteiger charge is -2.02. The molecule has 0 spiro atoms. The number of hydrogen-bond donors (Lipinski definition) is 0. The summed E-state index contributed by atoms with van der Waals surface area (Å²) in [5, 5.41) is 14.2. The van der Waals surface area contributed by atoms with E-state index in [0.717, 1.165) is 12.7 Å². The molecular weight excluding hydrogens is 182 g/mol. The highest BCUT2D eigenvalue weighted by Crippen LogP contribution is 2.02. The van der Waals surface area contributed by atoms with Gasteiger partial charge in [0, 0.05) is 18.8 Å². The highest BCUT2D eigenvalue weighted by Gasteiger charge is 1.99. The third-order valence-electron chi connectivity index (χ3n) is 1.58. The fraction of sp³-hybridized carbons (Fsp3) is 0.444. The molecule has 0 aliphatic carbocycles. The van der Waals surface area contributed by atoms with Crippen molar-refractivity contribution in [2.75, 3.05) is 0 Å². The summed E-state index contributed by atoms with van der Waals surface area (Å²) in [5.41, 5.74) is 0.613. The summed E-state index contributed by atoms with van der Waals surface area (Å²) in [5.74, 6) is 0.516. The molecule has 0 N–H and O–H groups in total. The summed E-state index contributed by atoms with van der Waals surface area (Å²) < 4.78 is 1.78. The van der Waals surface area contributed by atoms with E-state index in [1.54, 1.807) is 10.7 Å². The van der Waals surface area contributed by atoms with Gasteiger partial charge in [0.05, 0.1) is 10.6 Å². The lowest BCUT2D eigenvalue weighted by atomic mass is 10.2. The molecule has 0 radical (unpaired) electrons. The van der Waals surface area contributed by atoms with E-state index in [1.165, 1.54) is 6.08 Å². The van der Waals surface area contributed by atoms with Crippen LogP contribution < -0.4 is 0 Å². The van der Waals surface area contributed by atoms with Crippen LogP contribution in [-0.4, -0.2) is 14.7 Å². The third kappa shape index (κ3) is 3.38. The Morgan fingerprint density at radius 2 is 2.43 bits per heavy atom. The minimum atomic E-state index is -0.499. The van der Waals surface area contributed by atoms with E-state index in [-0.39, 0.29) is 0 Å². The van der Waals surface area contributed by atoms with E-state index in [0.29, 0.717) is 11.6 Å². The summed E-state index contributed by atoms with van der Waals surface area (Å²) in [7, 11) is 0. The van der Waals surface area contributed by atoms with Gasteiger partial charge < -0.3 is 0 Å². The van der Waals surface area contributed by atoms with Gasteiger partial charge in [0.15, 0.2) is 0 Å². The van der Waals surface area contributed by atoms with Gasteiger partial charge in [-0.05, 0) is 12.0 Å². The summed E-state index contributed by atoms with van der Waals surface area (Å²) in [6, 6.07) is 1.75. The van der Waals surface area contributed by atoms with Crippen LogP contribution in [0.5, 0.6) is 0 Å². The Morgan fingerprint density at radius 1 is 1.71 bits per heavy atom. The van der Waals surface area contributed by atoms with Crippen molar-refractivity contribution in [3.63, 3.8) is 0 Å². The Balaban J connectivity index is 2.63. The number of aromatic nitrogens is 2. The molecule has 0 aliphatic heterocycles. The molecule has 0 aromatic carbocycles. The number of nitrogens with zero attached hydrogens (tertiary/aromatic N) is 3. The molecule has 0 fully saturated rings. The van der Waals surface area contributed by atoms with Gasteiger partial charge in [-0.15, -0.1) is 0 Å². The van der Waals surface area contributed by atoms with Crippen LogP contribution >= 0.6 is 0 Å². The molecule has 0 unspecified atom stereocenters. The predicted octanol–water partition coefficient (Wildman–Crippen LogP) is 1.79. The van der Waals surface area contributed by atoms with Crippen molar-refractivity contribution in [1.82, 2.24) is 9.78 Å². The van der Waals surface area contributed by atoms with Crippen LogP contribution in [0.3, 0.4) is 0 Å². The number of nitro groups is 1. The summed E-state index contributed by atoms with van der Waals surface area (Å²) >= 11 is 0. The van der Waals surface area contributed by atoms with Gasteiger partial charge in [-0.25, -0.2) is 0 Å². The zero-order chi connectivity index (χ0) is 10.6. The molecule has 0 atom stereocenters. The summed E-state index contributed by atoms with van der Waals surface area (Å²) in [4.78, 5) is 9.54. The topological polar surface area (TPSA) is 61.0 Å². The van der Waals surface area contributed by atoms with E-state index in [1.807, 2.05) is 6.20 Å². The quantitative estimate of drug-likeness (QED) is 0.543. The first-order valence-electron chi connectivity index (χ1n) is 4.43. The first kappa shape index (κ1) is 10.4. The van der Waals surface area contributed by atoms with Gasteiger partial charge in [-0.2, -0.15) is 5.10 Å². The van der Waals surface area contributed by atoms with E-state index < -0.39 is 4.92 Å². The summed E-state index contributed by atoms with van der Waals surface area (Å²) in [6.07, 6.45) is 4.10. The lowest BCUT2D eigenvalue weighted by Crippen LogP contribution is -2.04. The molecule has 0 amide bonds. The second-order valence-corrected chi connectivity index (χ2v) is 3.46. The molecule has 0 saturated carbocycles. The van der Waals surface area contributed by atoms with Crippen LogP contribution in [0.1, 0.15) is 19.5 Å². The third-order valence-corrected chi connectivity index (χ3v) is 1.58. The fourth-order valence-corrected chi connectivity index (χ4v) is 1.08. The molecule has 1 aromatic rings. The second kappa shape index (κ2) is 4.55. The zero-order valence-corrected chi connectivity index (χ0v) is 8.25. The van der Waals surface area contributed by atoms with Gasteiger partial charge in [0.2, 0.25) is 6.20 Å². The molecule has 76 valence electrons. The molecular formula is C9H13N3O2. The Labute approximate surface area is 82.2 Å². The molecule has 5 nitrogen and oxygen atoms in total. The Kier molecular flexibility index (Phi) is 3.39. The molecule has 1 heterocycles. The van der Waals surface area contributed by atoms with Crippen LogP contribution in [-0.2, 0) is 6.54 Å². The fourth-order valence-electron chi connectivity index (χ4n) is 1.08. The van der Waals surface area contributed by atoms with Crippen molar-refractivity contribution in [2.45, 2.75) is 20.4 Å². The normalized spacial score (nSPS) is 11.4. The average Bonchev–Trinajstić information content (AvgIpc) is 2.47. The first-order valence-corrected chi connectivity index (χ1v) is 4.43. The molecule has 0 bridgehead atoms.